The Morgan fingerprint density at radius 3 is 2.50 bits per heavy atom. The maximum atomic E-state index is 11.4. The highest BCUT2D eigenvalue weighted by Crippen LogP contribution is 2.20. The van der Waals surface area contributed by atoms with E-state index in [0.29, 0.717) is 0 Å². The number of hydrogen-bond acceptors (Lipinski definition) is 4. The topological polar surface area (TPSA) is 90.0 Å². The molecule has 0 fully saturated rings. The first-order valence-electron chi connectivity index (χ1n) is 4.16. The predicted octanol–water partition coefficient (Wildman–Crippen LogP) is -0.0457. The van der Waals surface area contributed by atoms with Gasteiger partial charge < -0.3 is 5.73 Å². The van der Waals surface area contributed by atoms with Crippen molar-refractivity contribution in [2.75, 3.05) is 12.8 Å². The predicted molar refractivity (Wildman–Crippen MR) is 53.3 cm³/mol. The number of nitrogen functional groups attached to an aromatic ring is 1. The minimum Gasteiger partial charge on any atom is -0.383 e. The van der Waals surface area contributed by atoms with Crippen LogP contribution in [-0.4, -0.2) is 25.2 Å². The lowest BCUT2D eigenvalue weighted by Gasteiger charge is -2.08. The molecule has 0 aliphatic rings. The van der Waals surface area contributed by atoms with Crippen molar-refractivity contribution in [1.82, 2.24) is 14.5 Å². The third-order valence-corrected chi connectivity index (χ3v) is 3.28. The highest BCUT2D eigenvalue weighted by atomic mass is 32.2. The fourth-order valence-corrected chi connectivity index (χ4v) is 1.86. The number of nitrogens with zero attached hydrogens (tertiary/aromatic N) is 2. The zero-order chi connectivity index (χ0) is 10.9. The molecule has 0 atom stereocenters. The Morgan fingerprint density at radius 2 is 2.14 bits per heavy atom. The Bertz CT molecular complexity index is 421. The molecule has 7 heteroatoms. The molecule has 0 radical (unpaired) electrons. The summed E-state index contributed by atoms with van der Waals surface area (Å²) in [4.78, 5) is 0.0219. The number of hydrogen-bond donors (Lipinski definition) is 2. The van der Waals surface area contributed by atoms with Crippen LogP contribution in [0.1, 0.15) is 19.9 Å². The Kier molecular flexibility index (Phi) is 2.81. The van der Waals surface area contributed by atoms with Gasteiger partial charge in [-0.1, -0.05) is 0 Å². The van der Waals surface area contributed by atoms with Crippen LogP contribution in [0.4, 0.5) is 5.82 Å². The van der Waals surface area contributed by atoms with Crippen molar-refractivity contribution in [3.05, 3.63) is 6.20 Å². The minimum atomic E-state index is -3.50. The molecule has 0 bridgehead atoms. The van der Waals surface area contributed by atoms with Gasteiger partial charge in [-0.25, -0.2) is 17.8 Å². The summed E-state index contributed by atoms with van der Waals surface area (Å²) in [6, 6.07) is 0.0378. The van der Waals surface area contributed by atoms with E-state index in [1.54, 1.807) is 0 Å². The van der Waals surface area contributed by atoms with Gasteiger partial charge in [-0.05, 0) is 20.9 Å². The maximum absolute atomic E-state index is 11.4. The van der Waals surface area contributed by atoms with Crippen molar-refractivity contribution >= 4 is 15.8 Å². The van der Waals surface area contributed by atoms with Crippen LogP contribution in [0.2, 0.25) is 0 Å². The summed E-state index contributed by atoms with van der Waals surface area (Å²) in [6.45, 7) is 3.75. The van der Waals surface area contributed by atoms with Crippen molar-refractivity contribution in [3.8, 4) is 0 Å². The number of rotatable bonds is 3. The minimum absolute atomic E-state index is 0.0219. The quantitative estimate of drug-likeness (QED) is 0.744. The first kappa shape index (κ1) is 11.0. The number of sulfonamides is 1. The highest BCUT2D eigenvalue weighted by Gasteiger charge is 2.20. The SMILES string of the molecule is CNS(=O)(=O)c1cnn(C(C)C)c1N. The van der Waals surface area contributed by atoms with Gasteiger partial charge in [0.15, 0.2) is 0 Å². The number of aromatic nitrogens is 2. The van der Waals surface area contributed by atoms with E-state index in [4.69, 9.17) is 5.73 Å². The van der Waals surface area contributed by atoms with Crippen LogP contribution in [-0.2, 0) is 10.0 Å². The van der Waals surface area contributed by atoms with Gasteiger partial charge in [-0.15, -0.1) is 0 Å². The van der Waals surface area contributed by atoms with Gasteiger partial charge in [0.2, 0.25) is 10.0 Å². The molecule has 0 saturated heterocycles. The van der Waals surface area contributed by atoms with Gasteiger partial charge in [0.25, 0.3) is 0 Å². The normalized spacial score (nSPS) is 12.3. The fourth-order valence-electron chi connectivity index (χ4n) is 1.08. The third kappa shape index (κ3) is 1.73. The molecule has 0 spiro atoms. The first-order chi connectivity index (χ1) is 6.40. The highest BCUT2D eigenvalue weighted by molar-refractivity contribution is 7.89. The van der Waals surface area contributed by atoms with Crippen molar-refractivity contribution in [2.45, 2.75) is 24.8 Å². The molecule has 0 aliphatic carbocycles. The van der Waals surface area contributed by atoms with Crippen molar-refractivity contribution in [3.63, 3.8) is 0 Å². The average Bonchev–Trinajstić information content (AvgIpc) is 2.47. The smallest absolute Gasteiger partial charge is 0.245 e. The molecule has 0 aromatic carbocycles. The van der Waals surface area contributed by atoms with Gasteiger partial charge >= 0.3 is 0 Å². The van der Waals surface area contributed by atoms with Crippen LogP contribution < -0.4 is 10.5 Å². The van der Waals surface area contributed by atoms with E-state index in [2.05, 4.69) is 9.82 Å². The summed E-state index contributed by atoms with van der Waals surface area (Å²) in [5.74, 6) is 0.161. The zero-order valence-corrected chi connectivity index (χ0v) is 9.17. The van der Waals surface area contributed by atoms with E-state index >= 15 is 0 Å². The Hall–Kier alpha value is -1.08. The number of nitrogens with one attached hydrogen (secondary N) is 1. The van der Waals surface area contributed by atoms with Gasteiger partial charge in [-0.2, -0.15) is 5.10 Å². The lowest BCUT2D eigenvalue weighted by molar-refractivity contribution is 0.539. The standard InChI is InChI=1S/C7H14N4O2S/c1-5(2)11-7(8)6(4-10-11)14(12,13)9-3/h4-5,9H,8H2,1-3H3. The van der Waals surface area contributed by atoms with Gasteiger partial charge in [0, 0.05) is 6.04 Å². The van der Waals surface area contributed by atoms with Crippen LogP contribution in [0.3, 0.4) is 0 Å². The van der Waals surface area contributed by atoms with Crippen LogP contribution >= 0.6 is 0 Å². The molecule has 1 heterocycles. The van der Waals surface area contributed by atoms with E-state index in [0.717, 1.165) is 0 Å². The largest absolute Gasteiger partial charge is 0.383 e. The lowest BCUT2D eigenvalue weighted by atomic mass is 10.4. The second-order valence-corrected chi connectivity index (χ2v) is 4.99. The second-order valence-electron chi connectivity index (χ2n) is 3.14. The molecule has 1 rings (SSSR count). The van der Waals surface area contributed by atoms with Crippen molar-refractivity contribution in [2.24, 2.45) is 0 Å². The summed E-state index contributed by atoms with van der Waals surface area (Å²) in [7, 11) is -2.17. The third-order valence-electron chi connectivity index (χ3n) is 1.85. The van der Waals surface area contributed by atoms with Gasteiger partial charge in [0.1, 0.15) is 10.7 Å². The van der Waals surface area contributed by atoms with E-state index in [9.17, 15) is 8.42 Å². The first-order valence-corrected chi connectivity index (χ1v) is 5.65. The second kappa shape index (κ2) is 3.58. The molecule has 0 amide bonds. The molecular formula is C7H14N4O2S. The monoisotopic (exact) mass is 218 g/mol. The van der Waals surface area contributed by atoms with Gasteiger partial charge in [0.05, 0.1) is 6.20 Å². The van der Waals surface area contributed by atoms with E-state index < -0.39 is 10.0 Å². The summed E-state index contributed by atoms with van der Waals surface area (Å²) in [5.41, 5.74) is 5.65. The van der Waals surface area contributed by atoms with E-state index in [-0.39, 0.29) is 16.8 Å². The number of anilines is 1. The van der Waals surface area contributed by atoms with Crippen LogP contribution in [0, 0.1) is 0 Å². The molecule has 1 aromatic rings. The molecule has 0 aliphatic heterocycles. The molecule has 80 valence electrons. The summed E-state index contributed by atoms with van der Waals surface area (Å²) in [5, 5.41) is 3.90. The lowest BCUT2D eigenvalue weighted by Crippen LogP contribution is -2.20. The van der Waals surface area contributed by atoms with Crippen LogP contribution in [0.5, 0.6) is 0 Å². The number of nitrogens with two attached hydrogens (primary N) is 1. The molecular weight excluding hydrogens is 204 g/mol. The molecule has 0 unspecified atom stereocenters. The van der Waals surface area contributed by atoms with Crippen molar-refractivity contribution < 1.29 is 8.42 Å². The van der Waals surface area contributed by atoms with Crippen molar-refractivity contribution in [1.29, 1.82) is 0 Å². The van der Waals surface area contributed by atoms with E-state index in [1.165, 1.54) is 17.9 Å². The Morgan fingerprint density at radius 1 is 1.57 bits per heavy atom. The summed E-state index contributed by atoms with van der Waals surface area (Å²) in [6.07, 6.45) is 1.25. The Labute approximate surface area is 83.1 Å². The Balaban J connectivity index is 3.27. The molecule has 3 N–H and O–H groups in total. The molecule has 6 nitrogen and oxygen atoms in total. The van der Waals surface area contributed by atoms with Crippen LogP contribution in [0.15, 0.2) is 11.1 Å². The molecule has 1 aromatic heterocycles. The molecule has 14 heavy (non-hydrogen) atoms. The van der Waals surface area contributed by atoms with Crippen LogP contribution in [0.25, 0.3) is 0 Å². The molecule has 0 saturated carbocycles. The fraction of sp³-hybridized carbons (Fsp3) is 0.571. The zero-order valence-electron chi connectivity index (χ0n) is 8.35. The van der Waals surface area contributed by atoms with E-state index in [1.807, 2.05) is 13.8 Å². The maximum Gasteiger partial charge on any atom is 0.245 e. The average molecular weight is 218 g/mol. The summed E-state index contributed by atoms with van der Waals surface area (Å²) < 4.78 is 26.5. The summed E-state index contributed by atoms with van der Waals surface area (Å²) >= 11 is 0. The van der Waals surface area contributed by atoms with Gasteiger partial charge in [-0.3, -0.25) is 0 Å².